The number of amidine groups is 1. The first kappa shape index (κ1) is 27.8. The number of amides is 1. The Bertz CT molecular complexity index is 1770. The lowest BCUT2D eigenvalue weighted by molar-refractivity contribution is -0.113. The largest absolute Gasteiger partial charge is 0.493 e. The number of carbonyl (C=O) groups is 1. The summed E-state index contributed by atoms with van der Waals surface area (Å²) in [4.78, 5) is 25.4. The van der Waals surface area contributed by atoms with Gasteiger partial charge in [-0.1, -0.05) is 78.3 Å². The Morgan fingerprint density at radius 3 is 2.40 bits per heavy atom. The van der Waals surface area contributed by atoms with Gasteiger partial charge in [-0.25, -0.2) is 4.98 Å². The summed E-state index contributed by atoms with van der Waals surface area (Å²) in [6, 6.07) is 32.6. The Hall–Kier alpha value is -4.37. The minimum atomic E-state index is -0.160. The van der Waals surface area contributed by atoms with E-state index in [0.717, 1.165) is 28.1 Å². The van der Waals surface area contributed by atoms with Crippen molar-refractivity contribution in [3.05, 3.63) is 130 Å². The third-order valence-electron chi connectivity index (χ3n) is 6.37. The van der Waals surface area contributed by atoms with Crippen LogP contribution in [0.3, 0.4) is 0 Å². The molecule has 0 N–H and O–H groups in total. The van der Waals surface area contributed by atoms with Crippen molar-refractivity contribution >= 4 is 62.7 Å². The van der Waals surface area contributed by atoms with Crippen molar-refractivity contribution in [1.82, 2.24) is 4.98 Å². The standard InChI is InChI=1S/C33H24ClN3O3S2/c1-39-29-18-23(14-17-28(29)40-20-22-12-15-25(34)16-13-22)19-30-31(38)37(26-10-6-3-7-11-26)33(42-30)36-32-35-27(21-41-32)24-8-4-2-5-9-24/h2-19,21H,20H2,1H3/b30-19-,36-33+. The monoisotopic (exact) mass is 609 g/mol. The zero-order valence-electron chi connectivity index (χ0n) is 22.4. The second-order valence-corrected chi connectivity index (χ2v) is 11.5. The first-order valence-electron chi connectivity index (χ1n) is 13.0. The minimum absolute atomic E-state index is 0.160. The molecule has 1 aliphatic rings. The summed E-state index contributed by atoms with van der Waals surface area (Å²) in [7, 11) is 1.59. The van der Waals surface area contributed by atoms with E-state index in [2.05, 4.69) is 0 Å². The molecule has 0 atom stereocenters. The summed E-state index contributed by atoms with van der Waals surface area (Å²) in [5.74, 6) is 1.01. The molecule has 4 aromatic carbocycles. The van der Waals surface area contributed by atoms with Crippen molar-refractivity contribution in [2.24, 2.45) is 4.99 Å². The van der Waals surface area contributed by atoms with E-state index in [0.29, 0.717) is 38.3 Å². The number of anilines is 1. The Morgan fingerprint density at radius 2 is 1.67 bits per heavy atom. The van der Waals surface area contributed by atoms with Crippen LogP contribution in [0.4, 0.5) is 10.8 Å². The van der Waals surface area contributed by atoms with Gasteiger partial charge >= 0.3 is 0 Å². The average Bonchev–Trinajstić information content (AvgIpc) is 3.62. The number of ether oxygens (including phenoxy) is 2. The molecule has 42 heavy (non-hydrogen) atoms. The lowest BCUT2D eigenvalue weighted by atomic mass is 10.1. The molecule has 5 aromatic rings. The van der Waals surface area contributed by atoms with Gasteiger partial charge in [-0.05, 0) is 65.4 Å². The van der Waals surface area contributed by atoms with Gasteiger partial charge in [0, 0.05) is 16.0 Å². The molecule has 6 rings (SSSR count). The molecular weight excluding hydrogens is 586 g/mol. The fourth-order valence-electron chi connectivity index (χ4n) is 4.28. The van der Waals surface area contributed by atoms with E-state index in [9.17, 15) is 4.79 Å². The molecule has 0 unspecified atom stereocenters. The molecule has 1 saturated heterocycles. The molecule has 2 heterocycles. The smallest absolute Gasteiger partial charge is 0.271 e. The third-order valence-corrected chi connectivity index (χ3v) is 8.32. The van der Waals surface area contributed by atoms with Crippen LogP contribution in [0.2, 0.25) is 5.02 Å². The summed E-state index contributed by atoms with van der Waals surface area (Å²) >= 11 is 8.74. The Morgan fingerprint density at radius 1 is 0.929 bits per heavy atom. The van der Waals surface area contributed by atoms with Crippen molar-refractivity contribution in [3.8, 4) is 22.8 Å². The molecule has 6 nitrogen and oxygen atoms in total. The van der Waals surface area contributed by atoms with Gasteiger partial charge in [0.1, 0.15) is 6.61 Å². The summed E-state index contributed by atoms with van der Waals surface area (Å²) in [5, 5.41) is 3.77. The molecule has 0 aliphatic carbocycles. The maximum absolute atomic E-state index is 13.7. The fourth-order valence-corrected chi connectivity index (χ4v) is 6.14. The van der Waals surface area contributed by atoms with Crippen LogP contribution in [0.1, 0.15) is 11.1 Å². The highest BCUT2D eigenvalue weighted by molar-refractivity contribution is 8.19. The van der Waals surface area contributed by atoms with Crippen LogP contribution in [0.5, 0.6) is 11.5 Å². The number of hydrogen-bond acceptors (Lipinski definition) is 7. The van der Waals surface area contributed by atoms with Gasteiger partial charge in [0.2, 0.25) is 5.13 Å². The van der Waals surface area contributed by atoms with Gasteiger partial charge in [-0.2, -0.15) is 4.99 Å². The third kappa shape index (κ3) is 6.26. The number of aliphatic imine (C=N–C) groups is 1. The molecule has 1 fully saturated rings. The summed E-state index contributed by atoms with van der Waals surface area (Å²) in [5.41, 5.74) is 4.40. The lowest BCUT2D eigenvalue weighted by Crippen LogP contribution is -2.28. The van der Waals surface area contributed by atoms with E-state index in [1.54, 1.807) is 12.0 Å². The van der Waals surface area contributed by atoms with Crippen LogP contribution >= 0.6 is 34.7 Å². The van der Waals surface area contributed by atoms with Gasteiger partial charge in [-0.15, -0.1) is 11.3 Å². The number of rotatable bonds is 8. The quantitative estimate of drug-likeness (QED) is 0.164. The molecule has 1 aliphatic heterocycles. The number of thioether (sulfide) groups is 1. The van der Waals surface area contributed by atoms with Crippen molar-refractivity contribution in [3.63, 3.8) is 0 Å². The molecule has 208 valence electrons. The maximum atomic E-state index is 13.7. The van der Waals surface area contributed by atoms with Gasteiger partial charge in [0.25, 0.3) is 5.91 Å². The number of hydrogen-bond donors (Lipinski definition) is 0. The molecule has 1 aromatic heterocycles. The number of benzene rings is 4. The second-order valence-electron chi connectivity index (χ2n) is 9.19. The number of thiazole rings is 1. The number of para-hydroxylation sites is 1. The zero-order valence-corrected chi connectivity index (χ0v) is 24.8. The van der Waals surface area contributed by atoms with Crippen LogP contribution in [-0.4, -0.2) is 23.2 Å². The Labute approximate surface area is 256 Å². The number of methoxy groups -OCH3 is 1. The highest BCUT2D eigenvalue weighted by Gasteiger charge is 2.35. The van der Waals surface area contributed by atoms with E-state index < -0.39 is 0 Å². The number of halogens is 1. The van der Waals surface area contributed by atoms with Crippen molar-refractivity contribution < 1.29 is 14.3 Å². The molecule has 0 spiro atoms. The van der Waals surface area contributed by atoms with E-state index in [4.69, 9.17) is 31.1 Å². The Kier molecular flexibility index (Phi) is 8.37. The molecule has 0 saturated carbocycles. The van der Waals surface area contributed by atoms with Crippen LogP contribution in [-0.2, 0) is 11.4 Å². The van der Waals surface area contributed by atoms with Gasteiger partial charge in [0.05, 0.1) is 23.4 Å². The van der Waals surface area contributed by atoms with Gasteiger partial charge < -0.3 is 9.47 Å². The SMILES string of the molecule is COc1cc(/C=C2\S/C(=N/c3nc(-c4ccccc4)cs3)N(c3ccccc3)C2=O)ccc1OCc1ccc(Cl)cc1. The van der Waals surface area contributed by atoms with Crippen molar-refractivity contribution in [2.45, 2.75) is 6.61 Å². The van der Waals surface area contributed by atoms with E-state index in [-0.39, 0.29) is 5.91 Å². The van der Waals surface area contributed by atoms with E-state index in [1.807, 2.05) is 115 Å². The first-order valence-corrected chi connectivity index (χ1v) is 15.1. The van der Waals surface area contributed by atoms with Crippen molar-refractivity contribution in [1.29, 1.82) is 0 Å². The van der Waals surface area contributed by atoms with Crippen LogP contribution in [0.15, 0.2) is 118 Å². The van der Waals surface area contributed by atoms with Gasteiger partial charge in [0.15, 0.2) is 16.7 Å². The molecule has 9 heteroatoms. The van der Waals surface area contributed by atoms with Crippen molar-refractivity contribution in [2.75, 3.05) is 12.0 Å². The maximum Gasteiger partial charge on any atom is 0.271 e. The highest BCUT2D eigenvalue weighted by atomic mass is 35.5. The highest BCUT2D eigenvalue weighted by Crippen LogP contribution is 2.39. The topological polar surface area (TPSA) is 64.0 Å². The lowest BCUT2D eigenvalue weighted by Gasteiger charge is -2.15. The van der Waals surface area contributed by atoms with E-state index >= 15 is 0 Å². The normalized spacial score (nSPS) is 15.0. The summed E-state index contributed by atoms with van der Waals surface area (Å²) < 4.78 is 11.6. The summed E-state index contributed by atoms with van der Waals surface area (Å²) in [6.45, 7) is 0.372. The molecule has 1 amide bonds. The van der Waals surface area contributed by atoms with Crippen LogP contribution in [0, 0.1) is 0 Å². The average molecular weight is 610 g/mol. The number of carbonyl (C=O) groups excluding carboxylic acids is 1. The predicted octanol–water partition coefficient (Wildman–Crippen LogP) is 8.86. The predicted molar refractivity (Wildman–Crippen MR) is 173 cm³/mol. The second kappa shape index (κ2) is 12.7. The zero-order chi connectivity index (χ0) is 28.9. The van der Waals surface area contributed by atoms with Crippen LogP contribution < -0.4 is 14.4 Å². The van der Waals surface area contributed by atoms with Crippen LogP contribution in [0.25, 0.3) is 17.3 Å². The molecule has 0 radical (unpaired) electrons. The summed E-state index contributed by atoms with van der Waals surface area (Å²) in [6.07, 6.45) is 1.84. The fraction of sp³-hybridized carbons (Fsp3) is 0.0606. The first-order chi connectivity index (χ1) is 20.6. The Balaban J connectivity index is 1.28. The molecule has 0 bridgehead atoms. The van der Waals surface area contributed by atoms with E-state index in [1.165, 1.54) is 23.1 Å². The number of aromatic nitrogens is 1. The number of nitrogens with zero attached hydrogens (tertiary/aromatic N) is 3. The molecular formula is C33H24ClN3O3S2. The minimum Gasteiger partial charge on any atom is -0.493 e. The van der Waals surface area contributed by atoms with Gasteiger partial charge in [-0.3, -0.25) is 9.69 Å².